The molecule has 0 bridgehead atoms. The molecule has 0 radical (unpaired) electrons. The van der Waals surface area contributed by atoms with Crippen LogP contribution in [0.15, 0.2) is 66.5 Å². The molecule has 0 aliphatic carbocycles. The monoisotopic (exact) mass is 462 g/mol. The van der Waals surface area contributed by atoms with E-state index >= 15 is 0 Å². The van der Waals surface area contributed by atoms with Crippen molar-refractivity contribution in [3.8, 4) is 22.7 Å². The minimum atomic E-state index is -0.148. The molecule has 170 valence electrons. The largest absolute Gasteiger partial charge is 0.497 e. The maximum Gasteiger partial charge on any atom is 0.276 e. The third-order valence-corrected chi connectivity index (χ3v) is 5.59. The standard InChI is InChI=1S/C25H26N4O3S/c1-3-32-15-7-14-28-24(30)22(26-25(28)33)16-19-17-29(20-8-5-4-6-9-20)27-23(19)18-10-12-21(31-2)13-11-18/h4-6,8-13,16-17H,3,7,14-15H2,1-2H3,(H,26,33)/b22-16+. The molecule has 2 heterocycles. The maximum absolute atomic E-state index is 13.0. The van der Waals surface area contributed by atoms with Crippen LogP contribution in [0.25, 0.3) is 23.0 Å². The van der Waals surface area contributed by atoms with E-state index < -0.39 is 0 Å². The summed E-state index contributed by atoms with van der Waals surface area (Å²) in [6.07, 6.45) is 4.44. The molecule has 8 heteroatoms. The number of rotatable bonds is 9. The topological polar surface area (TPSA) is 68.6 Å². The SMILES string of the molecule is CCOCCCN1C(=O)/C(=C\c2cn(-c3ccccc3)nc2-c2ccc(OC)cc2)NC1=S. The van der Waals surface area contributed by atoms with Gasteiger partial charge in [-0.1, -0.05) is 18.2 Å². The number of methoxy groups -OCH3 is 1. The van der Waals surface area contributed by atoms with Gasteiger partial charge in [0.25, 0.3) is 5.91 Å². The van der Waals surface area contributed by atoms with Crippen LogP contribution in [0, 0.1) is 0 Å². The first kappa shape index (κ1) is 22.7. The Labute approximate surface area is 198 Å². The fourth-order valence-electron chi connectivity index (χ4n) is 3.58. The van der Waals surface area contributed by atoms with Gasteiger partial charge in [-0.15, -0.1) is 0 Å². The quantitative estimate of drug-likeness (QED) is 0.294. The molecular formula is C25H26N4O3S. The first-order chi connectivity index (χ1) is 16.1. The number of thiocarbonyl (C=S) groups is 1. The highest BCUT2D eigenvalue weighted by Gasteiger charge is 2.30. The molecule has 0 unspecified atom stereocenters. The molecule has 3 aromatic rings. The summed E-state index contributed by atoms with van der Waals surface area (Å²) >= 11 is 5.40. The Morgan fingerprint density at radius 3 is 2.58 bits per heavy atom. The summed E-state index contributed by atoms with van der Waals surface area (Å²) in [4.78, 5) is 14.6. The van der Waals surface area contributed by atoms with Crippen LogP contribution in [0.4, 0.5) is 0 Å². The lowest BCUT2D eigenvalue weighted by Crippen LogP contribution is -2.32. The summed E-state index contributed by atoms with van der Waals surface area (Å²) in [5.41, 5.74) is 3.83. The summed E-state index contributed by atoms with van der Waals surface area (Å²) in [5, 5.41) is 8.28. The third-order valence-electron chi connectivity index (χ3n) is 5.26. The smallest absolute Gasteiger partial charge is 0.276 e. The summed E-state index contributed by atoms with van der Waals surface area (Å²) < 4.78 is 12.5. The van der Waals surface area contributed by atoms with E-state index in [1.807, 2.05) is 78.5 Å². The summed E-state index contributed by atoms with van der Waals surface area (Å²) in [7, 11) is 1.63. The average Bonchev–Trinajstić information content (AvgIpc) is 3.38. The zero-order valence-corrected chi connectivity index (χ0v) is 19.5. The van der Waals surface area contributed by atoms with E-state index in [9.17, 15) is 4.79 Å². The molecule has 1 saturated heterocycles. The van der Waals surface area contributed by atoms with Crippen molar-refractivity contribution in [2.75, 3.05) is 26.9 Å². The molecule has 1 aliphatic rings. The molecule has 4 rings (SSSR count). The molecule has 0 atom stereocenters. The number of carbonyl (C=O) groups is 1. The van der Waals surface area contributed by atoms with Gasteiger partial charge in [-0.2, -0.15) is 5.10 Å². The van der Waals surface area contributed by atoms with Gasteiger partial charge in [0, 0.05) is 37.1 Å². The second kappa shape index (κ2) is 10.4. The van der Waals surface area contributed by atoms with Gasteiger partial charge in [-0.25, -0.2) is 4.68 Å². The zero-order chi connectivity index (χ0) is 23.2. The molecule has 1 N–H and O–H groups in total. The number of nitrogens with one attached hydrogen (secondary N) is 1. The van der Waals surface area contributed by atoms with Crippen LogP contribution in [0.1, 0.15) is 18.9 Å². The van der Waals surface area contributed by atoms with Crippen molar-refractivity contribution in [1.29, 1.82) is 0 Å². The third kappa shape index (κ3) is 5.13. The molecule has 1 aliphatic heterocycles. The van der Waals surface area contributed by atoms with E-state index in [1.54, 1.807) is 12.0 Å². The lowest BCUT2D eigenvalue weighted by Gasteiger charge is -2.13. The van der Waals surface area contributed by atoms with Crippen LogP contribution in [-0.4, -0.2) is 52.6 Å². The second-order valence-corrected chi connectivity index (χ2v) is 7.82. The molecule has 1 aromatic heterocycles. The first-order valence-electron chi connectivity index (χ1n) is 10.8. The molecule has 1 fully saturated rings. The predicted octanol–water partition coefficient (Wildman–Crippen LogP) is 4.03. The Hall–Kier alpha value is -3.49. The average molecular weight is 463 g/mol. The Bertz CT molecular complexity index is 1160. The molecular weight excluding hydrogens is 436 g/mol. The molecule has 7 nitrogen and oxygen atoms in total. The normalized spacial score (nSPS) is 14.7. The van der Waals surface area contributed by atoms with Crippen molar-refractivity contribution in [3.05, 3.63) is 72.1 Å². The van der Waals surface area contributed by atoms with E-state index in [-0.39, 0.29) is 5.91 Å². The molecule has 0 spiro atoms. The highest BCUT2D eigenvalue weighted by molar-refractivity contribution is 7.80. The lowest BCUT2D eigenvalue weighted by molar-refractivity contribution is -0.122. The van der Waals surface area contributed by atoms with Crippen LogP contribution in [-0.2, 0) is 9.53 Å². The highest BCUT2D eigenvalue weighted by atomic mass is 32.1. The second-order valence-electron chi connectivity index (χ2n) is 7.44. The number of para-hydroxylation sites is 1. The van der Waals surface area contributed by atoms with E-state index in [4.69, 9.17) is 26.8 Å². The summed E-state index contributed by atoms with van der Waals surface area (Å²) in [5.74, 6) is 0.617. The molecule has 33 heavy (non-hydrogen) atoms. The Kier molecular flexibility index (Phi) is 7.16. The summed E-state index contributed by atoms with van der Waals surface area (Å²) in [6.45, 7) is 3.70. The Morgan fingerprint density at radius 2 is 1.88 bits per heavy atom. The highest BCUT2D eigenvalue weighted by Crippen LogP contribution is 2.28. The van der Waals surface area contributed by atoms with Crippen molar-refractivity contribution in [1.82, 2.24) is 20.0 Å². The zero-order valence-electron chi connectivity index (χ0n) is 18.7. The van der Waals surface area contributed by atoms with E-state index in [2.05, 4.69) is 5.32 Å². The van der Waals surface area contributed by atoms with Gasteiger partial charge >= 0.3 is 0 Å². The van der Waals surface area contributed by atoms with Gasteiger partial charge in [0.1, 0.15) is 17.1 Å². The van der Waals surface area contributed by atoms with E-state index in [0.717, 1.165) is 34.7 Å². The van der Waals surface area contributed by atoms with Gasteiger partial charge in [0.05, 0.1) is 12.8 Å². The van der Waals surface area contributed by atoms with Gasteiger partial charge in [0.2, 0.25) is 0 Å². The van der Waals surface area contributed by atoms with E-state index in [0.29, 0.717) is 30.6 Å². The number of aromatic nitrogens is 2. The number of carbonyl (C=O) groups excluding carboxylic acids is 1. The number of hydrogen-bond acceptors (Lipinski definition) is 5. The fraction of sp³-hybridized carbons (Fsp3) is 0.240. The van der Waals surface area contributed by atoms with Crippen molar-refractivity contribution >= 4 is 29.3 Å². The van der Waals surface area contributed by atoms with E-state index in [1.165, 1.54) is 0 Å². The van der Waals surface area contributed by atoms with Gasteiger partial charge in [0.15, 0.2) is 5.11 Å². The van der Waals surface area contributed by atoms with Gasteiger partial charge in [-0.05, 0) is 68.0 Å². The minimum absolute atomic E-state index is 0.148. The van der Waals surface area contributed by atoms with Crippen molar-refractivity contribution in [2.24, 2.45) is 0 Å². The number of ether oxygens (including phenoxy) is 2. The first-order valence-corrected chi connectivity index (χ1v) is 11.2. The van der Waals surface area contributed by atoms with Crippen LogP contribution in [0.5, 0.6) is 5.75 Å². The minimum Gasteiger partial charge on any atom is -0.497 e. The van der Waals surface area contributed by atoms with Crippen LogP contribution < -0.4 is 10.1 Å². The number of nitrogens with zero attached hydrogens (tertiary/aromatic N) is 3. The van der Waals surface area contributed by atoms with Crippen LogP contribution in [0.3, 0.4) is 0 Å². The van der Waals surface area contributed by atoms with Crippen molar-refractivity contribution in [3.63, 3.8) is 0 Å². The Morgan fingerprint density at radius 1 is 1.12 bits per heavy atom. The fourth-order valence-corrected chi connectivity index (χ4v) is 3.86. The van der Waals surface area contributed by atoms with Gasteiger partial charge < -0.3 is 14.8 Å². The lowest BCUT2D eigenvalue weighted by atomic mass is 10.1. The van der Waals surface area contributed by atoms with Crippen molar-refractivity contribution < 1.29 is 14.3 Å². The van der Waals surface area contributed by atoms with Gasteiger partial charge in [-0.3, -0.25) is 9.69 Å². The molecule has 1 amide bonds. The number of benzene rings is 2. The predicted molar refractivity (Wildman–Crippen MR) is 132 cm³/mol. The number of hydrogen-bond donors (Lipinski definition) is 1. The van der Waals surface area contributed by atoms with Crippen LogP contribution in [0.2, 0.25) is 0 Å². The van der Waals surface area contributed by atoms with Crippen molar-refractivity contribution in [2.45, 2.75) is 13.3 Å². The Balaban J connectivity index is 1.67. The molecule has 0 saturated carbocycles. The molecule has 2 aromatic carbocycles. The van der Waals surface area contributed by atoms with Crippen LogP contribution >= 0.6 is 12.2 Å². The maximum atomic E-state index is 13.0. The summed E-state index contributed by atoms with van der Waals surface area (Å²) in [6, 6.07) is 17.5. The number of amides is 1.